The predicted molar refractivity (Wildman–Crippen MR) is 84.1 cm³/mol. The molecule has 0 saturated carbocycles. The van der Waals surface area contributed by atoms with Crippen LogP contribution in [0.15, 0.2) is 36.7 Å². The molecule has 0 aromatic carbocycles. The summed E-state index contributed by atoms with van der Waals surface area (Å²) < 4.78 is 9.58. The second-order valence-electron chi connectivity index (χ2n) is 4.37. The molecule has 0 saturated heterocycles. The van der Waals surface area contributed by atoms with Crippen molar-refractivity contribution < 1.29 is 23.9 Å². The summed E-state index contributed by atoms with van der Waals surface area (Å²) in [6.45, 7) is -1.14. The number of ketones is 1. The minimum Gasteiger partial charge on any atom is -0.454 e. The zero-order valence-electron chi connectivity index (χ0n) is 12.1. The number of carbonyl (C=O) groups is 3. The quantitative estimate of drug-likeness (QED) is 0.570. The van der Waals surface area contributed by atoms with Crippen LogP contribution < -0.4 is 0 Å². The number of hydrogen-bond acceptors (Lipinski definition) is 7. The van der Waals surface area contributed by atoms with Gasteiger partial charge in [-0.2, -0.15) is 0 Å². The maximum Gasteiger partial charge on any atom is 0.341 e. The second kappa shape index (κ2) is 8.37. The molecule has 0 radical (unpaired) electrons. The summed E-state index contributed by atoms with van der Waals surface area (Å²) in [4.78, 5) is 42.6. The van der Waals surface area contributed by atoms with Gasteiger partial charge in [0.15, 0.2) is 13.2 Å². The van der Waals surface area contributed by atoms with Gasteiger partial charge in [0.25, 0.3) is 0 Å². The smallest absolute Gasteiger partial charge is 0.341 e. The van der Waals surface area contributed by atoms with Crippen molar-refractivity contribution in [1.29, 1.82) is 0 Å². The van der Waals surface area contributed by atoms with E-state index in [-0.39, 0.29) is 21.4 Å². The molecule has 0 bridgehead atoms. The van der Waals surface area contributed by atoms with Gasteiger partial charge < -0.3 is 9.47 Å². The molecule has 0 aliphatic heterocycles. The third kappa shape index (κ3) is 4.74. The lowest BCUT2D eigenvalue weighted by Gasteiger charge is -2.06. The van der Waals surface area contributed by atoms with Crippen molar-refractivity contribution in [2.75, 3.05) is 13.2 Å². The molecule has 0 amide bonds. The summed E-state index contributed by atoms with van der Waals surface area (Å²) in [6, 6.07) is 5.83. The van der Waals surface area contributed by atoms with E-state index in [1.165, 1.54) is 36.7 Å². The highest BCUT2D eigenvalue weighted by atomic mass is 35.5. The van der Waals surface area contributed by atoms with Gasteiger partial charge in [-0.15, -0.1) is 0 Å². The molecule has 0 N–H and O–H groups in total. The Balaban J connectivity index is 1.82. The highest BCUT2D eigenvalue weighted by molar-refractivity contribution is 6.32. The Morgan fingerprint density at radius 2 is 1.25 bits per heavy atom. The van der Waals surface area contributed by atoms with E-state index in [1.807, 2.05) is 0 Å². The van der Waals surface area contributed by atoms with E-state index >= 15 is 0 Å². The van der Waals surface area contributed by atoms with Crippen LogP contribution in [0.4, 0.5) is 0 Å². The first-order valence-electron chi connectivity index (χ1n) is 6.56. The van der Waals surface area contributed by atoms with Crippen molar-refractivity contribution in [3.8, 4) is 0 Å². The predicted octanol–water partition coefficient (Wildman–Crippen LogP) is 2.37. The average molecular weight is 369 g/mol. The van der Waals surface area contributed by atoms with Gasteiger partial charge in [0.1, 0.15) is 10.3 Å². The van der Waals surface area contributed by atoms with E-state index in [4.69, 9.17) is 32.7 Å². The maximum atomic E-state index is 11.7. The molecule has 0 spiro atoms. The molecule has 2 rings (SSSR count). The molecule has 9 heteroatoms. The summed E-state index contributed by atoms with van der Waals surface area (Å²) in [6.07, 6.45) is 2.82. The molecule has 0 aliphatic carbocycles. The van der Waals surface area contributed by atoms with Crippen molar-refractivity contribution in [3.63, 3.8) is 0 Å². The van der Waals surface area contributed by atoms with Gasteiger partial charge in [-0.25, -0.2) is 19.6 Å². The fourth-order valence-electron chi connectivity index (χ4n) is 1.57. The van der Waals surface area contributed by atoms with E-state index < -0.39 is 30.9 Å². The summed E-state index contributed by atoms with van der Waals surface area (Å²) >= 11 is 11.5. The lowest BCUT2D eigenvalue weighted by atomic mass is 10.3. The summed E-state index contributed by atoms with van der Waals surface area (Å²) in [5.74, 6) is -2.22. The number of ether oxygens (including phenoxy) is 2. The fourth-order valence-corrected chi connectivity index (χ4v) is 1.96. The Bertz CT molecular complexity index is 718. The molecule has 124 valence electrons. The van der Waals surface area contributed by atoms with E-state index in [9.17, 15) is 14.4 Å². The number of carbonyl (C=O) groups excluding carboxylic acids is 3. The lowest BCUT2D eigenvalue weighted by molar-refractivity contribution is -0.125. The third-order valence-electron chi connectivity index (χ3n) is 2.69. The van der Waals surface area contributed by atoms with Gasteiger partial charge in [-0.05, 0) is 24.3 Å². The zero-order chi connectivity index (χ0) is 17.5. The Morgan fingerprint density at radius 3 is 1.62 bits per heavy atom. The number of pyridine rings is 2. The first-order valence-corrected chi connectivity index (χ1v) is 7.31. The SMILES string of the molecule is O=C(COC(=O)c1cccnc1Cl)COC(=O)c1cccnc1Cl. The molecular weight excluding hydrogens is 359 g/mol. The van der Waals surface area contributed by atoms with Crippen LogP contribution in [-0.2, 0) is 14.3 Å². The molecule has 2 aromatic rings. The van der Waals surface area contributed by atoms with E-state index in [0.29, 0.717) is 0 Å². The topological polar surface area (TPSA) is 95.5 Å². The van der Waals surface area contributed by atoms with Crippen LogP contribution in [0, 0.1) is 0 Å². The van der Waals surface area contributed by atoms with Crippen LogP contribution in [0.3, 0.4) is 0 Å². The Kier molecular flexibility index (Phi) is 6.22. The van der Waals surface area contributed by atoms with Gasteiger partial charge in [-0.3, -0.25) is 4.79 Å². The number of Topliss-reactive ketones (excluding diaryl/α,β-unsaturated/α-hetero) is 1. The van der Waals surface area contributed by atoms with Gasteiger partial charge in [-0.1, -0.05) is 23.2 Å². The molecular formula is C15H10Cl2N2O5. The average Bonchev–Trinajstić information content (AvgIpc) is 2.58. The normalized spacial score (nSPS) is 10.1. The van der Waals surface area contributed by atoms with E-state index in [2.05, 4.69) is 9.97 Å². The highest BCUT2D eigenvalue weighted by Crippen LogP contribution is 2.13. The van der Waals surface area contributed by atoms with Crippen LogP contribution in [0.5, 0.6) is 0 Å². The Labute approximate surface area is 146 Å². The fraction of sp³-hybridized carbons (Fsp3) is 0.133. The van der Waals surface area contributed by atoms with Crippen molar-refractivity contribution in [3.05, 3.63) is 58.1 Å². The minimum absolute atomic E-state index is 0.0334. The van der Waals surface area contributed by atoms with Crippen molar-refractivity contribution in [1.82, 2.24) is 9.97 Å². The molecule has 0 atom stereocenters. The van der Waals surface area contributed by atoms with E-state index in [1.54, 1.807) is 0 Å². The van der Waals surface area contributed by atoms with Crippen LogP contribution >= 0.6 is 23.2 Å². The summed E-state index contributed by atoms with van der Waals surface area (Å²) in [5.41, 5.74) is 0.0669. The highest BCUT2D eigenvalue weighted by Gasteiger charge is 2.17. The van der Waals surface area contributed by atoms with Gasteiger partial charge in [0, 0.05) is 12.4 Å². The van der Waals surface area contributed by atoms with Crippen molar-refractivity contribution >= 4 is 40.9 Å². The maximum absolute atomic E-state index is 11.7. The zero-order valence-corrected chi connectivity index (χ0v) is 13.6. The summed E-state index contributed by atoms with van der Waals surface area (Å²) in [7, 11) is 0. The molecule has 7 nitrogen and oxygen atoms in total. The first kappa shape index (κ1) is 17.8. The number of rotatable bonds is 6. The molecule has 0 aliphatic rings. The standard InChI is InChI=1S/C15H10Cl2N2O5/c16-12-10(3-1-5-18-12)14(21)23-7-9(20)8-24-15(22)11-4-2-6-19-13(11)17/h1-6H,7-8H2. The van der Waals surface area contributed by atoms with Crippen LogP contribution in [0.1, 0.15) is 20.7 Å². The number of aromatic nitrogens is 2. The first-order chi connectivity index (χ1) is 11.5. The largest absolute Gasteiger partial charge is 0.454 e. The second-order valence-corrected chi connectivity index (χ2v) is 5.09. The van der Waals surface area contributed by atoms with Gasteiger partial charge >= 0.3 is 11.9 Å². The van der Waals surface area contributed by atoms with Gasteiger partial charge in [0.05, 0.1) is 11.1 Å². The number of nitrogens with zero attached hydrogens (tertiary/aromatic N) is 2. The molecule has 0 unspecified atom stereocenters. The minimum atomic E-state index is -0.803. The number of hydrogen-bond donors (Lipinski definition) is 0. The van der Waals surface area contributed by atoms with E-state index in [0.717, 1.165) is 0 Å². The van der Waals surface area contributed by atoms with Crippen LogP contribution in [-0.4, -0.2) is 40.9 Å². The van der Waals surface area contributed by atoms with Crippen LogP contribution in [0.2, 0.25) is 10.3 Å². The van der Waals surface area contributed by atoms with Crippen LogP contribution in [0.25, 0.3) is 0 Å². The Hall–Kier alpha value is -2.51. The molecule has 24 heavy (non-hydrogen) atoms. The third-order valence-corrected chi connectivity index (χ3v) is 3.29. The van der Waals surface area contributed by atoms with Crippen molar-refractivity contribution in [2.24, 2.45) is 0 Å². The van der Waals surface area contributed by atoms with Gasteiger partial charge in [0.2, 0.25) is 5.78 Å². The summed E-state index contributed by atoms with van der Waals surface area (Å²) in [5, 5.41) is -0.0693. The molecule has 2 heterocycles. The molecule has 0 fully saturated rings. The number of halogens is 2. The Morgan fingerprint density at radius 1 is 0.833 bits per heavy atom. The number of esters is 2. The lowest BCUT2D eigenvalue weighted by Crippen LogP contribution is -2.21. The molecule has 2 aromatic heterocycles. The van der Waals surface area contributed by atoms with Crippen molar-refractivity contribution in [2.45, 2.75) is 0 Å². The monoisotopic (exact) mass is 368 g/mol.